The van der Waals surface area contributed by atoms with E-state index in [-0.39, 0.29) is 23.1 Å². The van der Waals surface area contributed by atoms with Crippen LogP contribution in [0.25, 0.3) is 0 Å². The van der Waals surface area contributed by atoms with E-state index in [0.717, 1.165) is 19.5 Å². The van der Waals surface area contributed by atoms with Gasteiger partial charge in [-0.3, -0.25) is 10.1 Å². The molecule has 1 N–H and O–H groups in total. The van der Waals surface area contributed by atoms with E-state index in [1.54, 1.807) is 0 Å². The summed E-state index contributed by atoms with van der Waals surface area (Å²) in [5.41, 5.74) is 0.328. The molecule has 2 rings (SSSR count). The minimum atomic E-state index is -0.977. The largest absolute Gasteiger partial charge is 1.00 e. The predicted octanol–water partition coefficient (Wildman–Crippen LogP) is 2.23. The summed E-state index contributed by atoms with van der Waals surface area (Å²) in [6, 6.07) is 4.11. The van der Waals surface area contributed by atoms with Gasteiger partial charge in [-0.25, -0.2) is 9.13 Å². The maximum atomic E-state index is 11.1. The zero-order valence-electron chi connectivity index (χ0n) is 16.4. The number of hydrogen-bond acceptors (Lipinski definition) is 3. The summed E-state index contributed by atoms with van der Waals surface area (Å²) >= 11 is 11.8. The molecule has 10 heteroatoms. The Hall–Kier alpha value is -1.28. The van der Waals surface area contributed by atoms with Crippen LogP contribution in [0.4, 0.5) is 11.4 Å². The molecule has 0 amide bonds. The van der Waals surface area contributed by atoms with Gasteiger partial charge in [-0.2, -0.15) is 0 Å². The Morgan fingerprint density at radius 1 is 1.21 bits per heavy atom. The molecule has 1 aromatic carbocycles. The van der Waals surface area contributed by atoms with Gasteiger partial charge < -0.3 is 17.7 Å². The molecule has 0 saturated carbocycles. The maximum absolute atomic E-state index is 11.1. The molecule has 0 atom stereocenters. The molecule has 0 fully saturated rings. The van der Waals surface area contributed by atoms with Gasteiger partial charge in [0, 0.05) is 27.1 Å². The molecule has 0 unspecified atom stereocenters. The van der Waals surface area contributed by atoms with Crippen LogP contribution in [0, 0.1) is 10.1 Å². The van der Waals surface area contributed by atoms with Crippen molar-refractivity contribution in [3.05, 3.63) is 51.0 Å². The van der Waals surface area contributed by atoms with Gasteiger partial charge in [0.05, 0.1) is 28.1 Å². The summed E-state index contributed by atoms with van der Waals surface area (Å²) in [4.78, 5) is 10.7. The molecular formula is C18H27Cl3N4O2Si. The highest BCUT2D eigenvalue weighted by Crippen LogP contribution is 2.33. The van der Waals surface area contributed by atoms with Crippen molar-refractivity contribution in [2.24, 2.45) is 0 Å². The summed E-state index contributed by atoms with van der Waals surface area (Å²) in [6.45, 7) is 9.68. The van der Waals surface area contributed by atoms with Crippen LogP contribution in [-0.4, -0.2) is 24.1 Å². The molecule has 0 aliphatic carbocycles. The molecule has 0 aliphatic heterocycles. The standard InChI is InChI=1S/C18H27Cl2N4O2Si.ClH/c1-27(2,3)11-5-8-23-10-9-22(14-23)7-4-6-21-17-12-15(19)16(20)13-18(17)24(25)26;/h9-10,12-14,21H,4-8,11H2,1-3H3;1H/q+1;/p-1. The Balaban J connectivity index is 0.00000392. The summed E-state index contributed by atoms with van der Waals surface area (Å²) in [5, 5.41) is 14.7. The van der Waals surface area contributed by atoms with Crippen molar-refractivity contribution in [3.63, 3.8) is 0 Å². The average Bonchev–Trinajstić information content (AvgIpc) is 3.00. The number of hydrogen-bond donors (Lipinski definition) is 1. The zero-order valence-corrected chi connectivity index (χ0v) is 19.7. The number of nitro groups is 1. The number of benzene rings is 1. The van der Waals surface area contributed by atoms with Gasteiger partial charge in [0.25, 0.3) is 5.69 Å². The van der Waals surface area contributed by atoms with Crippen molar-refractivity contribution in [2.75, 3.05) is 11.9 Å². The number of imidazole rings is 1. The first-order chi connectivity index (χ1) is 12.7. The van der Waals surface area contributed by atoms with Crippen LogP contribution in [0.5, 0.6) is 0 Å². The summed E-state index contributed by atoms with van der Waals surface area (Å²) in [6.07, 6.45) is 8.33. The van der Waals surface area contributed by atoms with E-state index in [1.807, 2.05) is 0 Å². The quantitative estimate of drug-likeness (QED) is 0.192. The first-order valence-electron chi connectivity index (χ1n) is 9.08. The van der Waals surface area contributed by atoms with Gasteiger partial charge in [0.15, 0.2) is 0 Å². The monoisotopic (exact) mass is 464 g/mol. The lowest BCUT2D eigenvalue weighted by atomic mass is 10.2. The first kappa shape index (κ1) is 24.8. The van der Waals surface area contributed by atoms with E-state index < -0.39 is 13.0 Å². The number of aromatic nitrogens is 2. The Kier molecular flexibility index (Phi) is 9.76. The molecular weight excluding hydrogens is 439 g/mol. The minimum absolute atomic E-state index is 0. The van der Waals surface area contributed by atoms with Gasteiger partial charge >= 0.3 is 0 Å². The lowest BCUT2D eigenvalue weighted by Gasteiger charge is -2.13. The Bertz CT molecular complexity index is 794. The summed E-state index contributed by atoms with van der Waals surface area (Å²) in [5.74, 6) is 0. The van der Waals surface area contributed by atoms with Gasteiger partial charge in [-0.1, -0.05) is 48.9 Å². The smallest absolute Gasteiger partial charge is 0.293 e. The predicted molar refractivity (Wildman–Crippen MR) is 114 cm³/mol. The van der Waals surface area contributed by atoms with Gasteiger partial charge in [-0.15, -0.1) is 0 Å². The third kappa shape index (κ3) is 7.99. The second-order valence-electron chi connectivity index (χ2n) is 7.87. The molecule has 0 saturated heterocycles. The Labute approximate surface area is 183 Å². The fraction of sp³-hybridized carbons (Fsp3) is 0.500. The number of nitrogens with one attached hydrogen (secondary N) is 1. The SMILES string of the molecule is C[Si](C)(C)CCCn1cc[n+](CCCNc2cc(Cl)c(Cl)cc2[N+](=O)[O-])c1.[Cl-]. The van der Waals surface area contributed by atoms with Gasteiger partial charge in [0.1, 0.15) is 18.1 Å². The van der Waals surface area contributed by atoms with Gasteiger partial charge in [0.2, 0.25) is 6.33 Å². The van der Waals surface area contributed by atoms with Crippen LogP contribution < -0.4 is 22.3 Å². The van der Waals surface area contributed by atoms with E-state index >= 15 is 0 Å². The van der Waals surface area contributed by atoms with E-state index in [4.69, 9.17) is 23.2 Å². The molecule has 28 heavy (non-hydrogen) atoms. The van der Waals surface area contributed by atoms with E-state index in [0.29, 0.717) is 17.3 Å². The molecule has 1 heterocycles. The minimum Gasteiger partial charge on any atom is -1.00 e. The van der Waals surface area contributed by atoms with Gasteiger partial charge in [-0.05, 0) is 12.5 Å². The third-order valence-electron chi connectivity index (χ3n) is 4.23. The van der Waals surface area contributed by atoms with Crippen molar-refractivity contribution in [2.45, 2.75) is 51.6 Å². The number of halogens is 3. The fourth-order valence-electron chi connectivity index (χ4n) is 2.81. The molecule has 0 bridgehead atoms. The summed E-state index contributed by atoms with van der Waals surface area (Å²) < 4.78 is 4.36. The molecule has 156 valence electrons. The maximum Gasteiger partial charge on any atom is 0.293 e. The number of aryl methyl sites for hydroxylation is 2. The highest BCUT2D eigenvalue weighted by Gasteiger charge is 2.17. The second-order valence-corrected chi connectivity index (χ2v) is 14.3. The lowest BCUT2D eigenvalue weighted by molar-refractivity contribution is -0.696. The normalized spacial score (nSPS) is 11.2. The van der Waals surface area contributed by atoms with Crippen molar-refractivity contribution in [3.8, 4) is 0 Å². The first-order valence-corrected chi connectivity index (χ1v) is 13.5. The molecule has 0 aliphatic rings. The number of rotatable bonds is 10. The van der Waals surface area contributed by atoms with Crippen molar-refractivity contribution < 1.29 is 21.9 Å². The highest BCUT2D eigenvalue weighted by atomic mass is 35.5. The molecule has 2 aromatic rings. The molecule has 1 aromatic heterocycles. The van der Waals surface area contributed by atoms with Crippen LogP contribution >= 0.6 is 23.2 Å². The van der Waals surface area contributed by atoms with E-state index in [9.17, 15) is 10.1 Å². The van der Waals surface area contributed by atoms with E-state index in [1.165, 1.54) is 24.6 Å². The second kappa shape index (κ2) is 11.0. The highest BCUT2D eigenvalue weighted by molar-refractivity contribution is 6.76. The third-order valence-corrected chi connectivity index (χ3v) is 6.81. The molecule has 0 spiro atoms. The zero-order chi connectivity index (χ0) is 20.0. The van der Waals surface area contributed by atoms with Crippen LogP contribution in [0.1, 0.15) is 12.8 Å². The number of anilines is 1. The Morgan fingerprint density at radius 2 is 1.89 bits per heavy atom. The molecule has 0 radical (unpaired) electrons. The lowest BCUT2D eigenvalue weighted by Crippen LogP contribution is -3.00. The fourth-order valence-corrected chi connectivity index (χ4v) is 4.35. The van der Waals surface area contributed by atoms with Crippen LogP contribution in [0.3, 0.4) is 0 Å². The number of nitrogens with zero attached hydrogens (tertiary/aromatic N) is 3. The number of nitro benzene ring substituents is 1. The van der Waals surface area contributed by atoms with Crippen LogP contribution in [-0.2, 0) is 13.1 Å². The molecule has 6 nitrogen and oxygen atoms in total. The van der Waals surface area contributed by atoms with E-state index in [2.05, 4.69) is 52.8 Å². The van der Waals surface area contributed by atoms with Crippen molar-refractivity contribution in [1.82, 2.24) is 4.57 Å². The topological polar surface area (TPSA) is 64.0 Å². The Morgan fingerprint density at radius 3 is 2.54 bits per heavy atom. The van der Waals surface area contributed by atoms with Crippen molar-refractivity contribution >= 4 is 42.7 Å². The summed E-state index contributed by atoms with van der Waals surface area (Å²) in [7, 11) is -0.977. The van der Waals surface area contributed by atoms with Crippen LogP contribution in [0.2, 0.25) is 35.7 Å². The van der Waals surface area contributed by atoms with Crippen molar-refractivity contribution in [1.29, 1.82) is 0 Å². The average molecular weight is 466 g/mol. The van der Waals surface area contributed by atoms with Crippen LogP contribution in [0.15, 0.2) is 30.9 Å².